The van der Waals surface area contributed by atoms with E-state index in [0.717, 1.165) is 0 Å². The number of hydrogen-bond donors (Lipinski definition) is 1. The van der Waals surface area contributed by atoms with Crippen molar-refractivity contribution in [2.75, 3.05) is 5.32 Å². The first-order valence-corrected chi connectivity index (χ1v) is 7.58. The summed E-state index contributed by atoms with van der Waals surface area (Å²) in [5.41, 5.74) is 0.523. The van der Waals surface area contributed by atoms with Crippen molar-refractivity contribution in [3.05, 3.63) is 57.3 Å². The number of carbonyl (C=O) groups is 2. The summed E-state index contributed by atoms with van der Waals surface area (Å²) < 4.78 is 5.07. The molecule has 5 nitrogen and oxygen atoms in total. The van der Waals surface area contributed by atoms with E-state index in [1.54, 1.807) is 12.1 Å². The van der Waals surface area contributed by atoms with E-state index in [1.807, 2.05) is 0 Å². The number of anilines is 1. The van der Waals surface area contributed by atoms with Crippen LogP contribution in [-0.4, -0.2) is 23.0 Å². The molecule has 1 heterocycles. The first kappa shape index (κ1) is 17.5. The molecule has 0 unspecified atom stereocenters. The van der Waals surface area contributed by atoms with Crippen molar-refractivity contribution >= 4 is 52.4 Å². The average Bonchev–Trinajstić information content (AvgIpc) is 2.51. The van der Waals surface area contributed by atoms with Crippen molar-refractivity contribution in [3.63, 3.8) is 0 Å². The maximum atomic E-state index is 12.1. The number of hydrogen-bond acceptors (Lipinski definition) is 4. The summed E-state index contributed by atoms with van der Waals surface area (Å²) in [4.78, 5) is 27.8. The van der Waals surface area contributed by atoms with Gasteiger partial charge in [-0.3, -0.25) is 4.79 Å². The van der Waals surface area contributed by atoms with Crippen molar-refractivity contribution < 1.29 is 14.3 Å². The lowest BCUT2D eigenvalue weighted by molar-refractivity contribution is -0.123. The zero-order valence-corrected chi connectivity index (χ0v) is 14.1. The molecule has 0 saturated heterocycles. The Morgan fingerprint density at radius 3 is 2.57 bits per heavy atom. The van der Waals surface area contributed by atoms with Crippen LogP contribution in [0.1, 0.15) is 17.3 Å². The molecule has 8 heteroatoms. The molecule has 1 aromatic carbocycles. The zero-order valence-electron chi connectivity index (χ0n) is 11.8. The van der Waals surface area contributed by atoms with Gasteiger partial charge in [-0.1, -0.05) is 34.8 Å². The van der Waals surface area contributed by atoms with Crippen LogP contribution in [0.15, 0.2) is 36.5 Å². The molecule has 1 amide bonds. The summed E-state index contributed by atoms with van der Waals surface area (Å²) >= 11 is 17.4. The van der Waals surface area contributed by atoms with Crippen LogP contribution in [0, 0.1) is 0 Å². The van der Waals surface area contributed by atoms with Crippen molar-refractivity contribution in [1.82, 2.24) is 4.98 Å². The van der Waals surface area contributed by atoms with Crippen LogP contribution in [0.2, 0.25) is 15.2 Å². The smallest absolute Gasteiger partial charge is 0.340 e. The van der Waals surface area contributed by atoms with E-state index in [0.29, 0.717) is 15.7 Å². The van der Waals surface area contributed by atoms with Gasteiger partial charge in [-0.15, -0.1) is 0 Å². The van der Waals surface area contributed by atoms with E-state index in [4.69, 9.17) is 39.5 Å². The zero-order chi connectivity index (χ0) is 17.0. The summed E-state index contributed by atoms with van der Waals surface area (Å²) in [6, 6.07) is 7.55. The number of carbonyl (C=O) groups excluding carboxylic acids is 2. The Morgan fingerprint density at radius 2 is 1.91 bits per heavy atom. The summed E-state index contributed by atoms with van der Waals surface area (Å²) in [5, 5.41) is 3.54. The van der Waals surface area contributed by atoms with Crippen LogP contribution in [-0.2, 0) is 9.53 Å². The van der Waals surface area contributed by atoms with Crippen molar-refractivity contribution in [2.45, 2.75) is 13.0 Å². The summed E-state index contributed by atoms with van der Waals surface area (Å²) in [7, 11) is 0. The topological polar surface area (TPSA) is 68.3 Å². The number of nitrogens with zero attached hydrogens (tertiary/aromatic N) is 1. The van der Waals surface area contributed by atoms with Gasteiger partial charge in [0.05, 0.1) is 16.3 Å². The van der Waals surface area contributed by atoms with Gasteiger partial charge in [-0.25, -0.2) is 9.78 Å². The molecule has 0 aliphatic carbocycles. The predicted molar refractivity (Wildman–Crippen MR) is 89.2 cm³/mol. The number of amides is 1. The molecule has 0 aliphatic heterocycles. The summed E-state index contributed by atoms with van der Waals surface area (Å²) in [5.74, 6) is -1.22. The van der Waals surface area contributed by atoms with Gasteiger partial charge < -0.3 is 10.1 Å². The third-order valence-electron chi connectivity index (χ3n) is 2.80. The Labute approximate surface area is 147 Å². The fourth-order valence-electron chi connectivity index (χ4n) is 1.61. The number of ether oxygens (including phenoxy) is 1. The van der Waals surface area contributed by atoms with Gasteiger partial charge in [0.25, 0.3) is 5.91 Å². The molecule has 2 aromatic rings. The number of esters is 1. The second kappa shape index (κ2) is 7.64. The van der Waals surface area contributed by atoms with Gasteiger partial charge in [0.2, 0.25) is 0 Å². The fourth-order valence-corrected chi connectivity index (χ4v) is 2.06. The van der Waals surface area contributed by atoms with Crippen LogP contribution in [0.3, 0.4) is 0 Å². The molecular weight excluding hydrogens is 363 g/mol. The van der Waals surface area contributed by atoms with E-state index in [-0.39, 0.29) is 10.7 Å². The molecule has 120 valence electrons. The van der Waals surface area contributed by atoms with E-state index in [1.165, 1.54) is 31.3 Å². The minimum Gasteiger partial charge on any atom is -0.449 e. The van der Waals surface area contributed by atoms with Gasteiger partial charge in [0, 0.05) is 11.2 Å². The molecule has 1 N–H and O–H groups in total. The Hall–Kier alpha value is -1.82. The second-order valence-electron chi connectivity index (χ2n) is 4.53. The van der Waals surface area contributed by atoms with Gasteiger partial charge in [0.15, 0.2) is 6.10 Å². The van der Waals surface area contributed by atoms with E-state index in [2.05, 4.69) is 10.3 Å². The molecule has 0 fully saturated rings. The number of rotatable bonds is 4. The molecule has 0 saturated carbocycles. The van der Waals surface area contributed by atoms with Crippen molar-refractivity contribution in [2.24, 2.45) is 0 Å². The predicted octanol–water partition coefficient (Wildman–Crippen LogP) is 4.23. The SMILES string of the molecule is C[C@@H](OC(=O)c1ccc(Cl)nc1)C(=O)Nc1cc(Cl)ccc1Cl. The standard InChI is InChI=1S/C15H11Cl3N2O3/c1-8(23-15(22)9-2-5-13(18)19-7-9)14(21)20-12-6-10(16)3-4-11(12)17/h2-8H,1H3,(H,20,21)/t8-/m1/s1. The van der Waals surface area contributed by atoms with E-state index in [9.17, 15) is 9.59 Å². The third-order valence-corrected chi connectivity index (χ3v) is 3.59. The number of pyridine rings is 1. The molecule has 0 aliphatic rings. The average molecular weight is 374 g/mol. The maximum Gasteiger partial charge on any atom is 0.340 e. The number of benzene rings is 1. The van der Waals surface area contributed by atoms with Crippen LogP contribution in [0.25, 0.3) is 0 Å². The molecule has 1 aromatic heterocycles. The normalized spacial score (nSPS) is 11.7. The number of nitrogens with one attached hydrogen (secondary N) is 1. The van der Waals surface area contributed by atoms with Crippen LogP contribution < -0.4 is 5.32 Å². The summed E-state index contributed by atoms with van der Waals surface area (Å²) in [6.07, 6.45) is 0.233. The number of aromatic nitrogens is 1. The largest absolute Gasteiger partial charge is 0.449 e. The van der Waals surface area contributed by atoms with Gasteiger partial charge in [-0.2, -0.15) is 0 Å². The van der Waals surface area contributed by atoms with Crippen LogP contribution >= 0.6 is 34.8 Å². The lowest BCUT2D eigenvalue weighted by Gasteiger charge is -2.14. The highest BCUT2D eigenvalue weighted by atomic mass is 35.5. The first-order chi connectivity index (χ1) is 10.9. The Bertz CT molecular complexity index is 735. The Morgan fingerprint density at radius 1 is 1.17 bits per heavy atom. The minimum absolute atomic E-state index is 0.190. The maximum absolute atomic E-state index is 12.1. The summed E-state index contributed by atoms with van der Waals surface area (Å²) in [6.45, 7) is 1.44. The van der Waals surface area contributed by atoms with E-state index < -0.39 is 18.0 Å². The molecule has 1 atom stereocenters. The Kier molecular flexibility index (Phi) is 5.82. The van der Waals surface area contributed by atoms with Crippen LogP contribution in [0.5, 0.6) is 0 Å². The molecular formula is C15H11Cl3N2O3. The van der Waals surface area contributed by atoms with Gasteiger partial charge in [0.1, 0.15) is 5.15 Å². The van der Waals surface area contributed by atoms with Gasteiger partial charge in [-0.05, 0) is 37.3 Å². The Balaban J connectivity index is 2.01. The minimum atomic E-state index is -1.03. The lowest BCUT2D eigenvalue weighted by atomic mass is 10.2. The highest BCUT2D eigenvalue weighted by Gasteiger charge is 2.20. The first-order valence-electron chi connectivity index (χ1n) is 6.45. The molecule has 0 radical (unpaired) electrons. The highest BCUT2D eigenvalue weighted by Crippen LogP contribution is 2.25. The monoisotopic (exact) mass is 372 g/mol. The third kappa shape index (κ3) is 4.82. The van der Waals surface area contributed by atoms with Crippen molar-refractivity contribution in [1.29, 1.82) is 0 Å². The van der Waals surface area contributed by atoms with Gasteiger partial charge >= 0.3 is 5.97 Å². The number of halogens is 3. The lowest BCUT2D eigenvalue weighted by Crippen LogP contribution is -2.30. The fraction of sp³-hybridized carbons (Fsp3) is 0.133. The molecule has 0 spiro atoms. The molecule has 0 bridgehead atoms. The molecule has 2 rings (SSSR count). The van der Waals surface area contributed by atoms with E-state index >= 15 is 0 Å². The highest BCUT2D eigenvalue weighted by molar-refractivity contribution is 6.35. The van der Waals surface area contributed by atoms with Crippen LogP contribution in [0.4, 0.5) is 5.69 Å². The van der Waals surface area contributed by atoms with Crippen molar-refractivity contribution in [3.8, 4) is 0 Å². The molecule has 23 heavy (non-hydrogen) atoms. The quantitative estimate of drug-likeness (QED) is 0.643. The second-order valence-corrected chi connectivity index (χ2v) is 5.76.